The van der Waals surface area contributed by atoms with Gasteiger partial charge >= 0.3 is 5.97 Å². The Morgan fingerprint density at radius 3 is 1.78 bits per heavy atom. The van der Waals surface area contributed by atoms with Gasteiger partial charge in [-0.1, -0.05) is 130 Å². The van der Waals surface area contributed by atoms with Gasteiger partial charge in [0.15, 0.2) is 0 Å². The van der Waals surface area contributed by atoms with Gasteiger partial charge in [-0.25, -0.2) is 0 Å². The fourth-order valence-corrected chi connectivity index (χ4v) is 5.85. The van der Waals surface area contributed by atoms with Crippen molar-refractivity contribution >= 4 is 5.97 Å². The first kappa shape index (κ1) is 44.3. The molecule has 0 aliphatic rings. The van der Waals surface area contributed by atoms with E-state index in [1.54, 1.807) is 0 Å². The van der Waals surface area contributed by atoms with Gasteiger partial charge in [-0.15, -0.1) is 0 Å². The molecular formula is C39H80N2O4. The Hall–Kier alpha value is -0.690. The van der Waals surface area contributed by atoms with Crippen LogP contribution in [0.2, 0.25) is 0 Å². The molecule has 1 N–H and O–H groups in total. The van der Waals surface area contributed by atoms with E-state index in [1.807, 2.05) is 0 Å². The Labute approximate surface area is 281 Å². The van der Waals surface area contributed by atoms with E-state index in [-0.39, 0.29) is 5.97 Å². The second kappa shape index (κ2) is 37.8. The number of unbranched alkanes of at least 4 members (excludes halogenated alkanes) is 16. The van der Waals surface area contributed by atoms with Crippen LogP contribution in [0.1, 0.15) is 188 Å². The van der Waals surface area contributed by atoms with E-state index in [2.05, 4.69) is 37.9 Å². The smallest absolute Gasteiger partial charge is 0.305 e. The lowest BCUT2D eigenvalue weighted by atomic mass is 10.1. The summed E-state index contributed by atoms with van der Waals surface area (Å²) in [6.07, 6.45) is 30.5. The zero-order chi connectivity index (χ0) is 32.9. The largest absolute Gasteiger partial charge is 0.466 e. The third-order valence-corrected chi connectivity index (χ3v) is 8.85. The molecule has 0 aliphatic carbocycles. The van der Waals surface area contributed by atoms with Gasteiger partial charge in [-0.3, -0.25) is 4.79 Å². The van der Waals surface area contributed by atoms with E-state index in [0.29, 0.717) is 25.9 Å². The van der Waals surface area contributed by atoms with Crippen LogP contribution in [0, 0.1) is 0 Å². The molecule has 0 bridgehead atoms. The van der Waals surface area contributed by atoms with Crippen molar-refractivity contribution in [2.45, 2.75) is 194 Å². The number of esters is 1. The Balaban J connectivity index is 3.85. The summed E-state index contributed by atoms with van der Waals surface area (Å²) in [7, 11) is 0. The van der Waals surface area contributed by atoms with Gasteiger partial charge in [-0.2, -0.15) is 0 Å². The summed E-state index contributed by atoms with van der Waals surface area (Å²) < 4.78 is 17.3. The van der Waals surface area contributed by atoms with E-state index in [4.69, 9.17) is 14.2 Å². The summed E-state index contributed by atoms with van der Waals surface area (Å²) in [6.45, 7) is 16.7. The highest BCUT2D eigenvalue weighted by atomic mass is 16.7. The highest BCUT2D eigenvalue weighted by Gasteiger charge is 2.09. The highest BCUT2D eigenvalue weighted by Crippen LogP contribution is 2.14. The molecule has 0 saturated heterocycles. The molecule has 0 spiro atoms. The van der Waals surface area contributed by atoms with Gasteiger partial charge in [0.25, 0.3) is 0 Å². The first-order valence-electron chi connectivity index (χ1n) is 20.0. The van der Waals surface area contributed by atoms with Crippen LogP contribution in [0.4, 0.5) is 0 Å². The topological polar surface area (TPSA) is 60.0 Å². The summed E-state index contributed by atoms with van der Waals surface area (Å²) >= 11 is 0. The molecule has 1 atom stereocenters. The molecule has 6 heteroatoms. The van der Waals surface area contributed by atoms with E-state index in [1.165, 1.54) is 148 Å². The van der Waals surface area contributed by atoms with Crippen LogP contribution in [0.15, 0.2) is 0 Å². The van der Waals surface area contributed by atoms with Gasteiger partial charge in [0.05, 0.1) is 12.7 Å². The maximum absolute atomic E-state index is 11.9. The third kappa shape index (κ3) is 34.5. The van der Waals surface area contributed by atoms with E-state index in [9.17, 15) is 4.79 Å². The molecule has 270 valence electrons. The zero-order valence-corrected chi connectivity index (χ0v) is 31.0. The van der Waals surface area contributed by atoms with Gasteiger partial charge in [0, 0.05) is 13.0 Å². The lowest BCUT2D eigenvalue weighted by Crippen LogP contribution is -2.29. The predicted molar refractivity (Wildman–Crippen MR) is 194 cm³/mol. The van der Waals surface area contributed by atoms with Crippen molar-refractivity contribution in [2.24, 2.45) is 0 Å². The molecule has 0 rings (SSSR count). The number of nitrogens with one attached hydrogen (secondary N) is 1. The molecule has 0 aromatic heterocycles. The van der Waals surface area contributed by atoms with E-state index < -0.39 is 0 Å². The van der Waals surface area contributed by atoms with Crippen LogP contribution in [0.3, 0.4) is 0 Å². The fraction of sp³-hybridized carbons (Fsp3) is 0.974. The number of hydrogen-bond acceptors (Lipinski definition) is 6. The van der Waals surface area contributed by atoms with Crippen molar-refractivity contribution in [1.29, 1.82) is 0 Å². The van der Waals surface area contributed by atoms with Crippen LogP contribution in [-0.4, -0.2) is 69.7 Å². The number of carbonyl (C=O) groups is 1. The van der Waals surface area contributed by atoms with Crippen molar-refractivity contribution in [3.63, 3.8) is 0 Å². The SMILES string of the molecule is CCCCCCCOC(=O)CCCCCCCN(CCCCCCCCOCOC(CCCC)CCCCC)CCCNCC. The minimum atomic E-state index is -0.000330. The molecule has 0 amide bonds. The zero-order valence-electron chi connectivity index (χ0n) is 31.0. The molecule has 0 aliphatic heterocycles. The Bertz CT molecular complexity index is 577. The second-order valence-electron chi connectivity index (χ2n) is 13.3. The second-order valence-corrected chi connectivity index (χ2v) is 13.3. The van der Waals surface area contributed by atoms with Crippen LogP contribution >= 0.6 is 0 Å². The molecule has 0 aromatic rings. The minimum absolute atomic E-state index is 0.000330. The van der Waals surface area contributed by atoms with Crippen molar-refractivity contribution in [2.75, 3.05) is 52.7 Å². The summed E-state index contributed by atoms with van der Waals surface area (Å²) in [5.41, 5.74) is 0. The van der Waals surface area contributed by atoms with Crippen molar-refractivity contribution in [3.05, 3.63) is 0 Å². The third-order valence-electron chi connectivity index (χ3n) is 8.85. The monoisotopic (exact) mass is 641 g/mol. The van der Waals surface area contributed by atoms with Gasteiger partial charge in [0.2, 0.25) is 0 Å². The molecule has 45 heavy (non-hydrogen) atoms. The quantitative estimate of drug-likeness (QED) is 0.0412. The average molecular weight is 641 g/mol. The summed E-state index contributed by atoms with van der Waals surface area (Å²) in [4.78, 5) is 14.6. The van der Waals surface area contributed by atoms with Gasteiger partial charge in [0.1, 0.15) is 6.79 Å². The Kier molecular flexibility index (Phi) is 37.2. The van der Waals surface area contributed by atoms with Crippen molar-refractivity contribution in [3.8, 4) is 0 Å². The maximum Gasteiger partial charge on any atom is 0.305 e. The Morgan fingerprint density at radius 2 is 1.11 bits per heavy atom. The van der Waals surface area contributed by atoms with E-state index in [0.717, 1.165) is 45.4 Å². The van der Waals surface area contributed by atoms with Crippen LogP contribution < -0.4 is 5.32 Å². The molecule has 1 unspecified atom stereocenters. The fourth-order valence-electron chi connectivity index (χ4n) is 5.85. The number of nitrogens with zero attached hydrogens (tertiary/aromatic N) is 1. The molecule has 0 radical (unpaired) electrons. The Morgan fingerprint density at radius 1 is 0.578 bits per heavy atom. The van der Waals surface area contributed by atoms with E-state index >= 15 is 0 Å². The highest BCUT2D eigenvalue weighted by molar-refractivity contribution is 5.69. The molecule has 0 aromatic carbocycles. The number of rotatable bonds is 38. The summed E-state index contributed by atoms with van der Waals surface area (Å²) in [5.74, 6) is -0.000330. The summed E-state index contributed by atoms with van der Waals surface area (Å²) in [6, 6.07) is 0. The van der Waals surface area contributed by atoms with Crippen LogP contribution in [-0.2, 0) is 19.0 Å². The number of ether oxygens (including phenoxy) is 3. The first-order valence-corrected chi connectivity index (χ1v) is 20.0. The van der Waals surface area contributed by atoms with Crippen molar-refractivity contribution < 1.29 is 19.0 Å². The predicted octanol–water partition coefficient (Wildman–Crippen LogP) is 10.6. The molecule has 0 fully saturated rings. The molecule has 6 nitrogen and oxygen atoms in total. The average Bonchev–Trinajstić information content (AvgIpc) is 3.04. The summed E-state index contributed by atoms with van der Waals surface area (Å²) in [5, 5.41) is 3.48. The lowest BCUT2D eigenvalue weighted by molar-refractivity contribution is -0.143. The van der Waals surface area contributed by atoms with Gasteiger partial charge < -0.3 is 24.4 Å². The number of hydrogen-bond donors (Lipinski definition) is 1. The molecule has 0 heterocycles. The van der Waals surface area contributed by atoms with Gasteiger partial charge in [-0.05, 0) is 84.1 Å². The number of carbonyl (C=O) groups excluding carboxylic acids is 1. The first-order chi connectivity index (χ1) is 22.2. The normalized spacial score (nSPS) is 12.3. The lowest BCUT2D eigenvalue weighted by Gasteiger charge is -2.22. The molecular weight excluding hydrogens is 560 g/mol. The standard InChI is InChI=1S/C39H80N2O4/c1-5-9-12-19-26-36-44-39(42)30-22-16-15-18-24-33-41(34-27-31-40-8-4)32-23-17-13-14-20-25-35-43-37-45-38(28-11-7-3)29-21-10-6-2/h38,40H,5-37H2,1-4H3. The van der Waals surface area contributed by atoms with Crippen LogP contribution in [0.5, 0.6) is 0 Å². The minimum Gasteiger partial charge on any atom is -0.466 e. The molecule has 0 saturated carbocycles. The van der Waals surface area contributed by atoms with Crippen LogP contribution in [0.25, 0.3) is 0 Å². The van der Waals surface area contributed by atoms with Crippen molar-refractivity contribution in [1.82, 2.24) is 10.2 Å². The maximum atomic E-state index is 11.9.